The van der Waals surface area contributed by atoms with Crippen LogP contribution in [-0.4, -0.2) is 35.0 Å². The van der Waals surface area contributed by atoms with Crippen LogP contribution in [0.3, 0.4) is 0 Å². The van der Waals surface area contributed by atoms with Crippen LogP contribution in [-0.2, 0) is 6.54 Å². The molecule has 0 spiro atoms. The van der Waals surface area contributed by atoms with E-state index >= 15 is 0 Å². The van der Waals surface area contributed by atoms with Gasteiger partial charge < -0.3 is 9.47 Å². The lowest BCUT2D eigenvalue weighted by atomic mass is 9.90. The number of rotatable bonds is 4. The lowest BCUT2D eigenvalue weighted by molar-refractivity contribution is 0.173. The third-order valence-electron chi connectivity index (χ3n) is 5.59. The molecule has 2 aliphatic heterocycles. The molecule has 1 saturated heterocycles. The molecule has 0 bridgehead atoms. The van der Waals surface area contributed by atoms with Crippen LogP contribution in [0, 0.1) is 5.82 Å². The molecule has 3 heterocycles. The smallest absolute Gasteiger partial charge is 0.231 e. The number of fused-ring (bicyclic) bond motifs is 1. The van der Waals surface area contributed by atoms with E-state index in [1.807, 2.05) is 18.2 Å². The molecule has 0 aliphatic carbocycles. The SMILES string of the molecule is Fc1ccccc1-c1cn[nH]c1[C@@H]1CCCN(Cc2ccc3c(c2)OCO3)C1. The minimum atomic E-state index is -0.210. The number of hydrogen-bond donors (Lipinski definition) is 1. The summed E-state index contributed by atoms with van der Waals surface area (Å²) in [5, 5.41) is 7.36. The van der Waals surface area contributed by atoms with E-state index < -0.39 is 0 Å². The van der Waals surface area contributed by atoms with Crippen molar-refractivity contribution in [2.24, 2.45) is 0 Å². The largest absolute Gasteiger partial charge is 0.454 e. The van der Waals surface area contributed by atoms with Crippen molar-refractivity contribution >= 4 is 0 Å². The molecule has 1 N–H and O–H groups in total. The van der Waals surface area contributed by atoms with Crippen molar-refractivity contribution in [1.29, 1.82) is 0 Å². The van der Waals surface area contributed by atoms with E-state index in [2.05, 4.69) is 27.2 Å². The van der Waals surface area contributed by atoms with Crippen molar-refractivity contribution in [3.8, 4) is 22.6 Å². The first-order valence-electron chi connectivity index (χ1n) is 9.67. The van der Waals surface area contributed by atoms with Gasteiger partial charge in [-0.3, -0.25) is 10.00 Å². The predicted octanol–water partition coefficient (Wildman–Crippen LogP) is 4.32. The zero-order valence-electron chi connectivity index (χ0n) is 15.5. The summed E-state index contributed by atoms with van der Waals surface area (Å²) in [4.78, 5) is 2.44. The molecule has 2 aliphatic rings. The number of likely N-dealkylation sites (tertiary alicyclic amines) is 1. The van der Waals surface area contributed by atoms with Crippen molar-refractivity contribution in [1.82, 2.24) is 15.1 Å². The Balaban J connectivity index is 1.34. The summed E-state index contributed by atoms with van der Waals surface area (Å²) in [7, 11) is 0. The Morgan fingerprint density at radius 1 is 1.11 bits per heavy atom. The summed E-state index contributed by atoms with van der Waals surface area (Å²) in [6.45, 7) is 3.12. The number of H-pyrrole nitrogens is 1. The Bertz CT molecular complexity index is 987. The van der Waals surface area contributed by atoms with Crippen LogP contribution in [0.1, 0.15) is 30.0 Å². The number of nitrogens with one attached hydrogen (secondary N) is 1. The second kappa shape index (κ2) is 7.28. The molecular formula is C22H22FN3O2. The van der Waals surface area contributed by atoms with Gasteiger partial charge in [0.05, 0.1) is 6.20 Å². The number of aromatic amines is 1. The summed E-state index contributed by atoms with van der Waals surface area (Å²) in [6.07, 6.45) is 3.91. The third kappa shape index (κ3) is 3.24. The van der Waals surface area contributed by atoms with Gasteiger partial charge in [-0.15, -0.1) is 0 Å². The van der Waals surface area contributed by atoms with E-state index in [1.165, 1.54) is 11.6 Å². The first-order chi connectivity index (χ1) is 13.8. The number of ether oxygens (including phenoxy) is 2. The number of benzene rings is 2. The average molecular weight is 379 g/mol. The van der Waals surface area contributed by atoms with Gasteiger partial charge in [0.25, 0.3) is 0 Å². The Labute approximate surface area is 163 Å². The summed E-state index contributed by atoms with van der Waals surface area (Å²) in [5.41, 5.74) is 3.72. The summed E-state index contributed by atoms with van der Waals surface area (Å²) < 4.78 is 25.2. The number of nitrogens with zero attached hydrogens (tertiary/aromatic N) is 2. The van der Waals surface area contributed by atoms with Crippen molar-refractivity contribution in [2.45, 2.75) is 25.3 Å². The maximum absolute atomic E-state index is 14.3. The monoisotopic (exact) mass is 379 g/mol. The molecule has 144 valence electrons. The van der Waals surface area contributed by atoms with Crippen LogP contribution in [0.25, 0.3) is 11.1 Å². The fraction of sp³-hybridized carbons (Fsp3) is 0.318. The Morgan fingerprint density at radius 3 is 2.93 bits per heavy atom. The topological polar surface area (TPSA) is 50.4 Å². The number of hydrogen-bond acceptors (Lipinski definition) is 4. The third-order valence-corrected chi connectivity index (χ3v) is 5.59. The molecule has 0 saturated carbocycles. The molecule has 6 heteroatoms. The number of halogens is 1. The number of piperidine rings is 1. The first-order valence-corrected chi connectivity index (χ1v) is 9.67. The lowest BCUT2D eigenvalue weighted by Gasteiger charge is -2.32. The molecular weight excluding hydrogens is 357 g/mol. The van der Waals surface area contributed by atoms with Crippen LogP contribution >= 0.6 is 0 Å². The highest BCUT2D eigenvalue weighted by atomic mass is 19.1. The predicted molar refractivity (Wildman–Crippen MR) is 104 cm³/mol. The molecule has 3 aromatic rings. The second-order valence-corrected chi connectivity index (χ2v) is 7.44. The molecule has 1 atom stereocenters. The van der Waals surface area contributed by atoms with Crippen molar-refractivity contribution < 1.29 is 13.9 Å². The maximum atomic E-state index is 14.3. The molecule has 5 nitrogen and oxygen atoms in total. The Morgan fingerprint density at radius 2 is 2.00 bits per heavy atom. The van der Waals surface area contributed by atoms with Gasteiger partial charge in [0.2, 0.25) is 6.79 Å². The van der Waals surface area contributed by atoms with Crippen LogP contribution in [0.15, 0.2) is 48.7 Å². The van der Waals surface area contributed by atoms with Crippen LogP contribution in [0.4, 0.5) is 4.39 Å². The number of aromatic nitrogens is 2. The summed E-state index contributed by atoms with van der Waals surface area (Å²) in [5.74, 6) is 1.73. The van der Waals surface area contributed by atoms with Crippen molar-refractivity contribution in [3.05, 3.63) is 65.7 Å². The Kier molecular flexibility index (Phi) is 4.49. The zero-order chi connectivity index (χ0) is 18.9. The van der Waals surface area contributed by atoms with E-state index in [0.717, 1.165) is 55.2 Å². The highest BCUT2D eigenvalue weighted by Crippen LogP contribution is 2.36. The van der Waals surface area contributed by atoms with Crippen LogP contribution in [0.5, 0.6) is 11.5 Å². The van der Waals surface area contributed by atoms with E-state index in [9.17, 15) is 4.39 Å². The molecule has 28 heavy (non-hydrogen) atoms. The maximum Gasteiger partial charge on any atom is 0.231 e. The normalized spacial score (nSPS) is 19.1. The van der Waals surface area contributed by atoms with Gasteiger partial charge in [0.1, 0.15) is 5.82 Å². The lowest BCUT2D eigenvalue weighted by Crippen LogP contribution is -2.34. The molecule has 0 unspecified atom stereocenters. The van der Waals surface area contributed by atoms with E-state index in [0.29, 0.717) is 18.3 Å². The van der Waals surface area contributed by atoms with Gasteiger partial charge in [0, 0.05) is 35.8 Å². The quantitative estimate of drug-likeness (QED) is 0.733. The standard InChI is InChI=1S/C22H22FN3O2/c23-19-6-2-1-5-17(19)18-11-24-25-22(18)16-4-3-9-26(13-16)12-15-7-8-20-21(10-15)28-14-27-20/h1-2,5-8,10-11,16H,3-4,9,12-14H2,(H,24,25)/t16-/m1/s1. The molecule has 5 rings (SSSR count). The van der Waals surface area contributed by atoms with Crippen molar-refractivity contribution in [2.75, 3.05) is 19.9 Å². The van der Waals surface area contributed by atoms with Gasteiger partial charge in [-0.25, -0.2) is 4.39 Å². The Hall–Kier alpha value is -2.86. The average Bonchev–Trinajstić information content (AvgIpc) is 3.38. The molecule has 2 aromatic carbocycles. The highest BCUT2D eigenvalue weighted by molar-refractivity contribution is 5.66. The summed E-state index contributed by atoms with van der Waals surface area (Å²) >= 11 is 0. The zero-order valence-corrected chi connectivity index (χ0v) is 15.5. The van der Waals surface area contributed by atoms with Crippen LogP contribution in [0.2, 0.25) is 0 Å². The van der Waals surface area contributed by atoms with Gasteiger partial charge in [-0.1, -0.05) is 24.3 Å². The fourth-order valence-corrected chi connectivity index (χ4v) is 4.23. The molecule has 1 aromatic heterocycles. The molecule has 0 amide bonds. The molecule has 1 fully saturated rings. The van der Waals surface area contributed by atoms with E-state index in [-0.39, 0.29) is 5.82 Å². The summed E-state index contributed by atoms with van der Waals surface area (Å²) in [6, 6.07) is 13.0. The highest BCUT2D eigenvalue weighted by Gasteiger charge is 2.26. The van der Waals surface area contributed by atoms with E-state index in [1.54, 1.807) is 12.3 Å². The second-order valence-electron chi connectivity index (χ2n) is 7.44. The molecule has 0 radical (unpaired) electrons. The van der Waals surface area contributed by atoms with Crippen LogP contribution < -0.4 is 9.47 Å². The van der Waals surface area contributed by atoms with Crippen molar-refractivity contribution in [3.63, 3.8) is 0 Å². The minimum Gasteiger partial charge on any atom is -0.454 e. The van der Waals surface area contributed by atoms with Gasteiger partial charge in [-0.05, 0) is 43.1 Å². The van der Waals surface area contributed by atoms with Gasteiger partial charge in [-0.2, -0.15) is 5.10 Å². The van der Waals surface area contributed by atoms with E-state index in [4.69, 9.17) is 9.47 Å². The first kappa shape index (κ1) is 17.3. The van der Waals surface area contributed by atoms with Gasteiger partial charge in [0.15, 0.2) is 11.5 Å². The van der Waals surface area contributed by atoms with Gasteiger partial charge >= 0.3 is 0 Å². The fourth-order valence-electron chi connectivity index (χ4n) is 4.23. The minimum absolute atomic E-state index is 0.210.